The van der Waals surface area contributed by atoms with Crippen LogP contribution in [0.1, 0.15) is 12.0 Å². The molecule has 1 N–H and O–H groups in total. The number of amides is 2. The van der Waals surface area contributed by atoms with Gasteiger partial charge in [-0.15, -0.1) is 0 Å². The van der Waals surface area contributed by atoms with Crippen LogP contribution >= 0.6 is 11.6 Å². The van der Waals surface area contributed by atoms with Crippen molar-refractivity contribution in [3.63, 3.8) is 0 Å². The number of likely N-dealkylation sites (N-methyl/N-ethyl adjacent to an activating group) is 1. The normalized spacial score (nSPS) is 17.8. The van der Waals surface area contributed by atoms with E-state index in [1.165, 1.54) is 0 Å². The number of likely N-dealkylation sites (tertiary alicyclic amines) is 1. The number of rotatable bonds is 7. The largest absolute Gasteiger partial charge is 0.355 e. The van der Waals surface area contributed by atoms with Crippen molar-refractivity contribution in [2.24, 2.45) is 5.92 Å². The Labute approximate surface area is 142 Å². The van der Waals surface area contributed by atoms with Gasteiger partial charge in [0.1, 0.15) is 0 Å². The minimum atomic E-state index is -0.232. The smallest absolute Gasteiger partial charge is 0.225 e. The number of halogens is 1. The van der Waals surface area contributed by atoms with Gasteiger partial charge in [-0.25, -0.2) is 0 Å². The van der Waals surface area contributed by atoms with E-state index < -0.39 is 0 Å². The van der Waals surface area contributed by atoms with Crippen molar-refractivity contribution in [3.05, 3.63) is 34.9 Å². The Bertz CT molecular complexity index is 563. The van der Waals surface area contributed by atoms with E-state index in [1.807, 2.05) is 43.3 Å². The van der Waals surface area contributed by atoms with Crippen molar-refractivity contribution >= 4 is 23.4 Å². The van der Waals surface area contributed by atoms with Crippen molar-refractivity contribution < 1.29 is 9.59 Å². The molecule has 0 unspecified atom stereocenters. The molecule has 1 aliphatic rings. The van der Waals surface area contributed by atoms with Crippen molar-refractivity contribution in [3.8, 4) is 0 Å². The quantitative estimate of drug-likeness (QED) is 0.818. The molecule has 6 heteroatoms. The van der Waals surface area contributed by atoms with E-state index in [0.717, 1.165) is 18.5 Å². The molecule has 0 bridgehead atoms. The Morgan fingerprint density at radius 2 is 2.22 bits per heavy atom. The SMILES string of the molecule is CN(C)CCN1C[C@H](C(=O)NCCc2cccc(Cl)c2)CC1=O. The minimum Gasteiger partial charge on any atom is -0.355 e. The lowest BCUT2D eigenvalue weighted by Crippen LogP contribution is -2.36. The first-order valence-electron chi connectivity index (χ1n) is 7.90. The van der Waals surface area contributed by atoms with Gasteiger partial charge in [-0.05, 0) is 38.2 Å². The average Bonchev–Trinajstić information content (AvgIpc) is 2.86. The van der Waals surface area contributed by atoms with Gasteiger partial charge in [-0.3, -0.25) is 9.59 Å². The van der Waals surface area contributed by atoms with Gasteiger partial charge in [0.25, 0.3) is 0 Å². The fourth-order valence-corrected chi connectivity index (χ4v) is 2.86. The lowest BCUT2D eigenvalue weighted by Gasteiger charge is -2.19. The molecule has 1 aromatic rings. The Morgan fingerprint density at radius 1 is 1.43 bits per heavy atom. The van der Waals surface area contributed by atoms with Gasteiger partial charge in [-0.1, -0.05) is 23.7 Å². The summed E-state index contributed by atoms with van der Waals surface area (Å²) in [5.74, 6) is -0.196. The van der Waals surface area contributed by atoms with Gasteiger partial charge in [0, 0.05) is 37.6 Å². The molecule has 1 fully saturated rings. The highest BCUT2D eigenvalue weighted by Crippen LogP contribution is 2.17. The van der Waals surface area contributed by atoms with Crippen molar-refractivity contribution in [2.75, 3.05) is 40.3 Å². The zero-order chi connectivity index (χ0) is 16.8. The first-order chi connectivity index (χ1) is 11.0. The molecule has 2 rings (SSSR count). The summed E-state index contributed by atoms with van der Waals surface area (Å²) < 4.78 is 0. The summed E-state index contributed by atoms with van der Waals surface area (Å²) in [4.78, 5) is 28.0. The van der Waals surface area contributed by atoms with Crippen LogP contribution in [0.15, 0.2) is 24.3 Å². The first kappa shape index (κ1) is 17.8. The topological polar surface area (TPSA) is 52.6 Å². The lowest BCUT2D eigenvalue weighted by atomic mass is 10.1. The molecule has 0 aliphatic carbocycles. The first-order valence-corrected chi connectivity index (χ1v) is 8.28. The lowest BCUT2D eigenvalue weighted by molar-refractivity contribution is -0.129. The van der Waals surface area contributed by atoms with E-state index in [2.05, 4.69) is 5.32 Å². The molecular formula is C17H24ClN3O2. The maximum absolute atomic E-state index is 12.2. The molecule has 1 heterocycles. The van der Waals surface area contributed by atoms with Gasteiger partial charge in [0.05, 0.1) is 5.92 Å². The molecule has 126 valence electrons. The number of hydrogen-bond acceptors (Lipinski definition) is 3. The summed E-state index contributed by atoms with van der Waals surface area (Å²) in [6.45, 7) is 2.57. The Hall–Kier alpha value is -1.59. The zero-order valence-electron chi connectivity index (χ0n) is 13.7. The van der Waals surface area contributed by atoms with Crippen LogP contribution in [0.3, 0.4) is 0 Å². The van der Waals surface area contributed by atoms with E-state index in [4.69, 9.17) is 11.6 Å². The maximum atomic E-state index is 12.2. The van der Waals surface area contributed by atoms with Crippen molar-refractivity contribution in [1.82, 2.24) is 15.1 Å². The molecule has 23 heavy (non-hydrogen) atoms. The molecule has 0 aromatic heterocycles. The second-order valence-electron chi connectivity index (χ2n) is 6.22. The molecular weight excluding hydrogens is 314 g/mol. The third-order valence-corrected chi connectivity index (χ3v) is 4.24. The van der Waals surface area contributed by atoms with Crippen LogP contribution in [-0.4, -0.2) is 61.9 Å². The van der Waals surface area contributed by atoms with Crippen LogP contribution in [0.25, 0.3) is 0 Å². The number of hydrogen-bond donors (Lipinski definition) is 1. The highest BCUT2D eigenvalue weighted by molar-refractivity contribution is 6.30. The van der Waals surface area contributed by atoms with E-state index in [-0.39, 0.29) is 17.7 Å². The summed E-state index contributed by atoms with van der Waals surface area (Å²) in [5.41, 5.74) is 1.09. The van der Waals surface area contributed by atoms with E-state index in [9.17, 15) is 9.59 Å². The number of nitrogens with zero attached hydrogens (tertiary/aromatic N) is 2. The summed E-state index contributed by atoms with van der Waals surface area (Å²) in [7, 11) is 3.95. The molecule has 0 spiro atoms. The highest BCUT2D eigenvalue weighted by Gasteiger charge is 2.33. The van der Waals surface area contributed by atoms with Crippen LogP contribution in [0.4, 0.5) is 0 Å². The highest BCUT2D eigenvalue weighted by atomic mass is 35.5. The minimum absolute atomic E-state index is 0.0345. The molecule has 1 saturated heterocycles. The van der Waals surface area contributed by atoms with Gasteiger partial charge in [-0.2, -0.15) is 0 Å². The third-order valence-electron chi connectivity index (χ3n) is 4.00. The summed E-state index contributed by atoms with van der Waals surface area (Å²) in [6, 6.07) is 7.61. The van der Waals surface area contributed by atoms with Gasteiger partial charge >= 0.3 is 0 Å². The summed E-state index contributed by atoms with van der Waals surface area (Å²) >= 11 is 5.94. The number of benzene rings is 1. The number of nitrogens with one attached hydrogen (secondary N) is 1. The second kappa shape index (κ2) is 8.31. The molecule has 0 saturated carbocycles. The number of carbonyl (C=O) groups excluding carboxylic acids is 2. The molecule has 1 aliphatic heterocycles. The van der Waals surface area contributed by atoms with Crippen LogP contribution in [0, 0.1) is 5.92 Å². The molecule has 1 atom stereocenters. The standard InChI is InChI=1S/C17H24ClN3O2/c1-20(2)8-9-21-12-14(11-16(21)22)17(23)19-7-6-13-4-3-5-15(18)10-13/h3-5,10,14H,6-9,11-12H2,1-2H3,(H,19,23)/t14-/m1/s1. The van der Waals surface area contributed by atoms with E-state index >= 15 is 0 Å². The van der Waals surface area contributed by atoms with Gasteiger partial charge in [0.2, 0.25) is 11.8 Å². The predicted octanol–water partition coefficient (Wildman–Crippen LogP) is 1.41. The zero-order valence-corrected chi connectivity index (χ0v) is 14.5. The monoisotopic (exact) mass is 337 g/mol. The predicted molar refractivity (Wildman–Crippen MR) is 91.4 cm³/mol. The van der Waals surface area contributed by atoms with Crippen molar-refractivity contribution in [1.29, 1.82) is 0 Å². The second-order valence-corrected chi connectivity index (χ2v) is 6.65. The Morgan fingerprint density at radius 3 is 2.91 bits per heavy atom. The van der Waals surface area contributed by atoms with Crippen molar-refractivity contribution in [2.45, 2.75) is 12.8 Å². The Kier molecular flexibility index (Phi) is 6.42. The van der Waals surface area contributed by atoms with Gasteiger partial charge in [0.15, 0.2) is 0 Å². The van der Waals surface area contributed by atoms with E-state index in [1.54, 1.807) is 4.90 Å². The molecule has 1 aromatic carbocycles. The summed E-state index contributed by atoms with van der Waals surface area (Å²) in [6.07, 6.45) is 1.05. The number of carbonyl (C=O) groups is 2. The third kappa shape index (κ3) is 5.52. The van der Waals surface area contributed by atoms with Crippen LogP contribution in [0.5, 0.6) is 0 Å². The van der Waals surface area contributed by atoms with Crippen LogP contribution in [-0.2, 0) is 16.0 Å². The van der Waals surface area contributed by atoms with E-state index in [0.29, 0.717) is 31.1 Å². The Balaban J connectivity index is 1.75. The average molecular weight is 338 g/mol. The molecule has 5 nitrogen and oxygen atoms in total. The fourth-order valence-electron chi connectivity index (χ4n) is 2.65. The maximum Gasteiger partial charge on any atom is 0.225 e. The molecule has 0 radical (unpaired) electrons. The van der Waals surface area contributed by atoms with Crippen LogP contribution < -0.4 is 5.32 Å². The fraction of sp³-hybridized carbons (Fsp3) is 0.529. The molecule has 2 amide bonds. The summed E-state index contributed by atoms with van der Waals surface area (Å²) in [5, 5.41) is 3.63. The van der Waals surface area contributed by atoms with Gasteiger partial charge < -0.3 is 15.1 Å². The van der Waals surface area contributed by atoms with Crippen LogP contribution in [0.2, 0.25) is 5.02 Å².